The minimum Gasteiger partial charge on any atom is -0.372 e. The standard InChI is InChI=1S/C25H23BrClIN2O3S2/c1-25(2,33-3)24-21(26)23(30(29-24)22-16(14-28)8-6-10-18(22)27)20-12-11-19(34-20)15-7-5-9-17(13-15)35(4,31)32/h5-13H,14H2,1-4H3. The number of sulfone groups is 1. The van der Waals surface area contributed by atoms with Crippen LogP contribution in [0.25, 0.3) is 26.7 Å². The third-order valence-electron chi connectivity index (χ3n) is 5.72. The quantitative estimate of drug-likeness (QED) is 0.145. The SMILES string of the molecule is COC(C)(C)c1nn(-c2c(Cl)cccc2CI)c(-c2ccc(-c3cccc(S(C)(=O)=O)c3)s2)c1Br. The van der Waals surface area contributed by atoms with E-state index in [1.807, 2.05) is 54.9 Å². The van der Waals surface area contributed by atoms with Crippen molar-refractivity contribution in [2.75, 3.05) is 13.4 Å². The largest absolute Gasteiger partial charge is 0.372 e. The fourth-order valence-electron chi connectivity index (χ4n) is 3.66. The van der Waals surface area contributed by atoms with Crippen LogP contribution >= 0.6 is 61.5 Å². The number of nitrogens with zero attached hydrogens (tertiary/aromatic N) is 2. The highest BCUT2D eigenvalue weighted by molar-refractivity contribution is 14.1. The van der Waals surface area contributed by atoms with Crippen LogP contribution in [0.5, 0.6) is 0 Å². The van der Waals surface area contributed by atoms with Gasteiger partial charge >= 0.3 is 0 Å². The molecule has 0 amide bonds. The summed E-state index contributed by atoms with van der Waals surface area (Å²) < 4.78 is 33.4. The van der Waals surface area contributed by atoms with Crippen LogP contribution < -0.4 is 0 Å². The number of methoxy groups -OCH3 is 1. The molecular weight excluding hydrogens is 683 g/mol. The molecule has 0 saturated heterocycles. The lowest BCUT2D eigenvalue weighted by Gasteiger charge is -2.20. The lowest BCUT2D eigenvalue weighted by atomic mass is 10.1. The first kappa shape index (κ1) is 26.8. The molecule has 4 aromatic rings. The van der Waals surface area contributed by atoms with Gasteiger partial charge < -0.3 is 4.74 Å². The van der Waals surface area contributed by atoms with Crippen LogP contribution in [0.4, 0.5) is 0 Å². The van der Waals surface area contributed by atoms with Crippen LogP contribution in [-0.2, 0) is 24.6 Å². The minimum atomic E-state index is -3.30. The molecule has 2 aromatic carbocycles. The van der Waals surface area contributed by atoms with E-state index in [1.165, 1.54) is 6.26 Å². The van der Waals surface area contributed by atoms with Crippen molar-refractivity contribution in [3.63, 3.8) is 0 Å². The zero-order valence-corrected chi connectivity index (χ0v) is 25.6. The molecule has 5 nitrogen and oxygen atoms in total. The molecule has 0 atom stereocenters. The van der Waals surface area contributed by atoms with Gasteiger partial charge in [0, 0.05) is 22.7 Å². The number of halogens is 3. The molecule has 0 radical (unpaired) electrons. The van der Waals surface area contributed by atoms with Crippen LogP contribution in [0.2, 0.25) is 5.02 Å². The van der Waals surface area contributed by atoms with Crippen molar-refractivity contribution in [1.29, 1.82) is 0 Å². The van der Waals surface area contributed by atoms with E-state index in [4.69, 9.17) is 21.4 Å². The predicted octanol–water partition coefficient (Wildman–Crippen LogP) is 7.90. The smallest absolute Gasteiger partial charge is 0.175 e. The van der Waals surface area contributed by atoms with Gasteiger partial charge in [0.05, 0.1) is 30.6 Å². The van der Waals surface area contributed by atoms with Crippen LogP contribution in [0.15, 0.2) is 64.0 Å². The van der Waals surface area contributed by atoms with Crippen LogP contribution in [-0.4, -0.2) is 31.6 Å². The molecule has 0 aliphatic heterocycles. The minimum absolute atomic E-state index is 0.294. The number of thiophene rings is 1. The van der Waals surface area contributed by atoms with Crippen molar-refractivity contribution >= 4 is 71.3 Å². The maximum atomic E-state index is 12.1. The van der Waals surface area contributed by atoms with Crippen LogP contribution in [0.3, 0.4) is 0 Å². The summed E-state index contributed by atoms with van der Waals surface area (Å²) >= 11 is 14.4. The first-order chi connectivity index (χ1) is 16.5. The van der Waals surface area contributed by atoms with Crippen molar-refractivity contribution in [2.45, 2.75) is 28.8 Å². The molecule has 184 valence electrons. The zero-order valence-electron chi connectivity index (χ0n) is 19.5. The van der Waals surface area contributed by atoms with E-state index in [2.05, 4.69) is 38.5 Å². The molecule has 0 bridgehead atoms. The summed E-state index contributed by atoms with van der Waals surface area (Å²) in [6.07, 6.45) is 1.22. The maximum Gasteiger partial charge on any atom is 0.175 e. The van der Waals surface area contributed by atoms with E-state index >= 15 is 0 Å². The second-order valence-corrected chi connectivity index (χ2v) is 13.5. The van der Waals surface area contributed by atoms with Gasteiger partial charge in [-0.2, -0.15) is 5.10 Å². The van der Waals surface area contributed by atoms with Crippen LogP contribution in [0.1, 0.15) is 25.1 Å². The number of hydrogen-bond acceptors (Lipinski definition) is 5. The van der Waals surface area contributed by atoms with E-state index in [0.29, 0.717) is 9.92 Å². The van der Waals surface area contributed by atoms with E-state index < -0.39 is 15.4 Å². The molecule has 0 spiro atoms. The van der Waals surface area contributed by atoms with Gasteiger partial charge in [-0.05, 0) is 71.2 Å². The molecular formula is C25H23BrClIN2O3S2. The Morgan fingerprint density at radius 2 is 1.83 bits per heavy atom. The van der Waals surface area contributed by atoms with Crippen molar-refractivity contribution in [2.24, 2.45) is 0 Å². The summed E-state index contributed by atoms with van der Waals surface area (Å²) in [7, 11) is -1.64. The van der Waals surface area contributed by atoms with Crippen molar-refractivity contribution < 1.29 is 13.2 Å². The Balaban J connectivity index is 1.95. The molecule has 2 aromatic heterocycles. The number of para-hydroxylation sites is 1. The molecule has 0 saturated carbocycles. The van der Waals surface area contributed by atoms with Gasteiger partial charge in [0.15, 0.2) is 9.84 Å². The Labute approximate surface area is 236 Å². The maximum absolute atomic E-state index is 12.1. The van der Waals surface area contributed by atoms with E-state index in [-0.39, 0.29) is 0 Å². The Kier molecular flexibility index (Phi) is 7.86. The van der Waals surface area contributed by atoms with Gasteiger partial charge in [-0.25, -0.2) is 13.1 Å². The molecule has 0 aliphatic carbocycles. The highest BCUT2D eigenvalue weighted by Crippen LogP contribution is 2.44. The van der Waals surface area contributed by atoms with Gasteiger partial charge in [-0.3, -0.25) is 0 Å². The molecule has 2 heterocycles. The van der Waals surface area contributed by atoms with E-state index in [1.54, 1.807) is 36.6 Å². The third-order valence-corrected chi connectivity index (χ3v) is 9.85. The number of alkyl halides is 1. The summed E-state index contributed by atoms with van der Waals surface area (Å²) in [4.78, 5) is 2.20. The number of ether oxygens (including phenoxy) is 1. The molecule has 35 heavy (non-hydrogen) atoms. The van der Waals surface area contributed by atoms with Gasteiger partial charge in [0.1, 0.15) is 11.3 Å². The molecule has 0 N–H and O–H groups in total. The van der Waals surface area contributed by atoms with E-state index in [9.17, 15) is 8.42 Å². The Bertz CT molecular complexity index is 1510. The first-order valence-electron chi connectivity index (χ1n) is 10.6. The number of benzene rings is 2. The van der Waals surface area contributed by atoms with Gasteiger partial charge in [0.2, 0.25) is 0 Å². The molecule has 4 rings (SSSR count). The van der Waals surface area contributed by atoms with Crippen molar-refractivity contribution in [3.05, 3.63) is 75.4 Å². The van der Waals surface area contributed by atoms with E-state index in [0.717, 1.165) is 46.9 Å². The summed E-state index contributed by atoms with van der Waals surface area (Å²) in [6.45, 7) is 3.94. The summed E-state index contributed by atoms with van der Waals surface area (Å²) in [5.41, 5.74) is 3.70. The second-order valence-electron chi connectivity index (χ2n) is 8.48. The number of aromatic nitrogens is 2. The third kappa shape index (κ3) is 5.26. The fourth-order valence-corrected chi connectivity index (χ4v) is 7.33. The first-order valence-corrected chi connectivity index (χ1v) is 16.0. The molecule has 0 aliphatic rings. The Hall–Kier alpha value is -1.24. The summed E-state index contributed by atoms with van der Waals surface area (Å²) in [5, 5.41) is 5.59. The van der Waals surface area contributed by atoms with Gasteiger partial charge in [-0.1, -0.05) is 58.5 Å². The highest BCUT2D eigenvalue weighted by atomic mass is 127. The van der Waals surface area contributed by atoms with Gasteiger partial charge in [0.25, 0.3) is 0 Å². The molecule has 10 heteroatoms. The van der Waals surface area contributed by atoms with Crippen molar-refractivity contribution in [1.82, 2.24) is 9.78 Å². The van der Waals surface area contributed by atoms with Crippen LogP contribution in [0, 0.1) is 0 Å². The zero-order chi connectivity index (χ0) is 25.5. The average molecular weight is 706 g/mol. The lowest BCUT2D eigenvalue weighted by Crippen LogP contribution is -2.21. The summed E-state index contributed by atoms with van der Waals surface area (Å²) in [6, 6.07) is 16.9. The highest BCUT2D eigenvalue weighted by Gasteiger charge is 2.32. The van der Waals surface area contributed by atoms with Gasteiger partial charge in [-0.15, -0.1) is 11.3 Å². The topological polar surface area (TPSA) is 61.2 Å². The molecule has 0 fully saturated rings. The number of rotatable bonds is 7. The Morgan fingerprint density at radius 3 is 2.49 bits per heavy atom. The normalized spacial score (nSPS) is 12.3. The average Bonchev–Trinajstić information content (AvgIpc) is 3.43. The lowest BCUT2D eigenvalue weighted by molar-refractivity contribution is 0.0146. The summed E-state index contributed by atoms with van der Waals surface area (Å²) in [5.74, 6) is 0. The fraction of sp³-hybridized carbons (Fsp3) is 0.240. The molecule has 0 unspecified atom stereocenters. The second kappa shape index (κ2) is 10.3. The number of hydrogen-bond donors (Lipinski definition) is 0. The Morgan fingerprint density at radius 1 is 1.14 bits per heavy atom. The monoisotopic (exact) mass is 704 g/mol. The van der Waals surface area contributed by atoms with Crippen molar-refractivity contribution in [3.8, 4) is 26.7 Å². The predicted molar refractivity (Wildman–Crippen MR) is 156 cm³/mol.